The second kappa shape index (κ2) is 13.9. The van der Waals surface area contributed by atoms with Gasteiger partial charge in [-0.2, -0.15) is 4.31 Å². The molecule has 0 radical (unpaired) electrons. The molecule has 0 saturated carbocycles. The molecule has 1 aromatic rings. The fraction of sp³-hybridized carbons (Fsp3) is 0.708. The predicted octanol–water partition coefficient (Wildman–Crippen LogP) is 3.41. The van der Waals surface area contributed by atoms with E-state index in [0.29, 0.717) is 12.4 Å². The van der Waals surface area contributed by atoms with Gasteiger partial charge in [-0.05, 0) is 57.4 Å². The van der Waals surface area contributed by atoms with Crippen LogP contribution in [0.1, 0.15) is 54.4 Å². The molecule has 1 aromatic carbocycles. The van der Waals surface area contributed by atoms with Crippen molar-refractivity contribution in [1.29, 1.82) is 0 Å². The van der Waals surface area contributed by atoms with Gasteiger partial charge in [-0.15, -0.1) is 0 Å². The zero-order valence-electron chi connectivity index (χ0n) is 21.5. The Balaban J connectivity index is 3.09. The average molecular weight is 503 g/mol. The normalized spacial score (nSPS) is 14.2. The van der Waals surface area contributed by atoms with Crippen molar-refractivity contribution in [2.45, 2.75) is 77.0 Å². The Labute approximate surface area is 204 Å². The van der Waals surface area contributed by atoms with Crippen molar-refractivity contribution in [2.75, 3.05) is 33.4 Å². The molecule has 34 heavy (non-hydrogen) atoms. The van der Waals surface area contributed by atoms with Gasteiger partial charge in [0.05, 0.1) is 30.8 Å². The van der Waals surface area contributed by atoms with Crippen LogP contribution in [0.25, 0.3) is 0 Å². The highest BCUT2D eigenvalue weighted by molar-refractivity contribution is 7.89. The molecule has 9 nitrogen and oxygen atoms in total. The summed E-state index contributed by atoms with van der Waals surface area (Å²) in [5.74, 6) is 0.554. The molecular formula is C24H42N2O7S. The van der Waals surface area contributed by atoms with Crippen LogP contribution in [0.15, 0.2) is 29.2 Å². The maximum absolute atomic E-state index is 13.4. The van der Waals surface area contributed by atoms with Gasteiger partial charge in [-0.1, -0.05) is 27.2 Å². The van der Waals surface area contributed by atoms with Gasteiger partial charge in [0.15, 0.2) is 0 Å². The Kier molecular flexibility index (Phi) is 12.3. The highest BCUT2D eigenvalue weighted by atomic mass is 32.2. The SMILES string of the molecule is CCCCOC[C@H](NC(=O)OC(C)(C)C)[C@H](O)CN(CC(C)C)S(=O)(=O)c1ccc(OC)cc1. The third kappa shape index (κ3) is 10.6. The molecule has 0 aliphatic carbocycles. The molecule has 0 aliphatic rings. The van der Waals surface area contributed by atoms with Crippen molar-refractivity contribution < 1.29 is 32.5 Å². The lowest BCUT2D eigenvalue weighted by Gasteiger charge is -2.31. The number of carbonyl (C=O) groups is 1. The Morgan fingerprint density at radius 1 is 1.15 bits per heavy atom. The first-order valence-electron chi connectivity index (χ1n) is 11.7. The van der Waals surface area contributed by atoms with Crippen LogP contribution < -0.4 is 10.1 Å². The molecule has 1 amide bonds. The molecule has 10 heteroatoms. The number of carbonyl (C=O) groups excluding carboxylic acids is 1. The number of sulfonamides is 1. The number of unbranched alkanes of at least 4 members (excludes halogenated alkanes) is 1. The van der Waals surface area contributed by atoms with Gasteiger partial charge >= 0.3 is 6.09 Å². The van der Waals surface area contributed by atoms with Crippen LogP contribution in [-0.4, -0.2) is 75.1 Å². The minimum Gasteiger partial charge on any atom is -0.497 e. The summed E-state index contributed by atoms with van der Waals surface area (Å²) in [7, 11) is -2.40. The smallest absolute Gasteiger partial charge is 0.408 e. The molecule has 0 unspecified atom stereocenters. The third-order valence-corrected chi connectivity index (χ3v) is 6.61. The van der Waals surface area contributed by atoms with Crippen LogP contribution in [0.2, 0.25) is 0 Å². The van der Waals surface area contributed by atoms with Gasteiger partial charge < -0.3 is 24.6 Å². The minimum absolute atomic E-state index is 0.0123. The molecule has 1 rings (SSSR count). The first kappa shape index (κ1) is 30.2. The summed E-state index contributed by atoms with van der Waals surface area (Å²) in [4.78, 5) is 12.5. The molecule has 0 saturated heterocycles. The molecule has 2 atom stereocenters. The van der Waals surface area contributed by atoms with Crippen molar-refractivity contribution in [3.8, 4) is 5.75 Å². The van der Waals surface area contributed by atoms with Gasteiger partial charge in [0, 0.05) is 19.7 Å². The number of aliphatic hydroxyl groups excluding tert-OH is 1. The standard InChI is InChI=1S/C24H42N2O7S/c1-8-9-14-32-17-21(25-23(28)33-24(4,5)6)22(27)16-26(15-18(2)3)34(29,30)20-12-10-19(31-7)11-13-20/h10-13,18,21-22,27H,8-9,14-17H2,1-7H3,(H,25,28)/t21-,22+/m0/s1. The first-order valence-corrected chi connectivity index (χ1v) is 13.1. The van der Waals surface area contributed by atoms with E-state index in [4.69, 9.17) is 14.2 Å². The van der Waals surface area contributed by atoms with Gasteiger partial charge in [0.25, 0.3) is 0 Å². The van der Waals surface area contributed by atoms with E-state index >= 15 is 0 Å². The van der Waals surface area contributed by atoms with Crippen molar-refractivity contribution >= 4 is 16.1 Å². The van der Waals surface area contributed by atoms with Crippen LogP contribution in [0, 0.1) is 5.92 Å². The van der Waals surface area contributed by atoms with Crippen molar-refractivity contribution in [3.05, 3.63) is 24.3 Å². The summed E-state index contributed by atoms with van der Waals surface area (Å²) in [6.45, 7) is 11.5. The third-order valence-electron chi connectivity index (χ3n) is 4.76. The molecule has 0 bridgehead atoms. The lowest BCUT2D eigenvalue weighted by molar-refractivity contribution is 0.0179. The number of ether oxygens (including phenoxy) is 3. The predicted molar refractivity (Wildman–Crippen MR) is 131 cm³/mol. The van der Waals surface area contributed by atoms with Gasteiger partial charge in [0.1, 0.15) is 11.4 Å². The number of methoxy groups -OCH3 is 1. The van der Waals surface area contributed by atoms with Gasteiger partial charge in [-0.25, -0.2) is 13.2 Å². The maximum atomic E-state index is 13.4. The van der Waals surface area contributed by atoms with Crippen molar-refractivity contribution in [3.63, 3.8) is 0 Å². The zero-order chi connectivity index (χ0) is 25.9. The zero-order valence-corrected chi connectivity index (χ0v) is 22.4. The summed E-state index contributed by atoms with van der Waals surface area (Å²) < 4.78 is 44.0. The van der Waals surface area contributed by atoms with Crippen LogP contribution in [-0.2, 0) is 19.5 Å². The molecule has 0 aliphatic heterocycles. The first-order chi connectivity index (χ1) is 15.8. The van der Waals surface area contributed by atoms with Crippen LogP contribution in [0.3, 0.4) is 0 Å². The van der Waals surface area contributed by atoms with E-state index in [1.807, 2.05) is 20.8 Å². The van der Waals surface area contributed by atoms with E-state index in [9.17, 15) is 18.3 Å². The number of amides is 1. The summed E-state index contributed by atoms with van der Waals surface area (Å²) in [6, 6.07) is 5.24. The molecule has 2 N–H and O–H groups in total. The van der Waals surface area contributed by atoms with Crippen molar-refractivity contribution in [1.82, 2.24) is 9.62 Å². The fourth-order valence-corrected chi connectivity index (χ4v) is 4.70. The van der Waals surface area contributed by atoms with Crippen molar-refractivity contribution in [2.24, 2.45) is 5.92 Å². The monoisotopic (exact) mass is 502 g/mol. The molecular weight excluding hydrogens is 460 g/mol. The number of benzene rings is 1. The lowest BCUT2D eigenvalue weighted by atomic mass is 10.1. The highest BCUT2D eigenvalue weighted by Crippen LogP contribution is 2.21. The summed E-state index contributed by atoms with van der Waals surface area (Å²) in [6.07, 6.45) is -0.153. The fourth-order valence-electron chi connectivity index (χ4n) is 3.08. The average Bonchev–Trinajstić information content (AvgIpc) is 2.73. The molecule has 196 valence electrons. The van der Waals surface area contributed by atoms with E-state index in [0.717, 1.165) is 12.8 Å². The number of nitrogens with one attached hydrogen (secondary N) is 1. The van der Waals surface area contributed by atoms with E-state index in [1.54, 1.807) is 32.9 Å². The molecule has 0 heterocycles. The van der Waals surface area contributed by atoms with Gasteiger partial charge in [-0.3, -0.25) is 0 Å². The number of rotatable bonds is 14. The molecule has 0 spiro atoms. The summed E-state index contributed by atoms with van der Waals surface area (Å²) >= 11 is 0. The van der Waals surface area contributed by atoms with E-state index in [-0.39, 0.29) is 30.5 Å². The van der Waals surface area contributed by atoms with Crippen LogP contribution >= 0.6 is 0 Å². The Morgan fingerprint density at radius 3 is 2.26 bits per heavy atom. The number of hydrogen-bond donors (Lipinski definition) is 2. The number of aliphatic hydroxyl groups is 1. The number of alkyl carbamates (subject to hydrolysis) is 1. The highest BCUT2D eigenvalue weighted by Gasteiger charge is 2.32. The second-order valence-corrected chi connectivity index (χ2v) is 11.6. The number of nitrogens with zero attached hydrogens (tertiary/aromatic N) is 1. The van der Waals surface area contributed by atoms with E-state index < -0.39 is 33.9 Å². The largest absolute Gasteiger partial charge is 0.497 e. The summed E-state index contributed by atoms with van der Waals surface area (Å²) in [5, 5.41) is 13.7. The Morgan fingerprint density at radius 2 is 1.76 bits per heavy atom. The topological polar surface area (TPSA) is 114 Å². The molecule has 0 aromatic heterocycles. The lowest BCUT2D eigenvalue weighted by Crippen LogP contribution is -2.53. The quantitative estimate of drug-likeness (QED) is 0.375. The Bertz CT molecular complexity index is 836. The van der Waals surface area contributed by atoms with Crippen LogP contribution in [0.5, 0.6) is 5.75 Å². The van der Waals surface area contributed by atoms with Crippen LogP contribution in [0.4, 0.5) is 4.79 Å². The maximum Gasteiger partial charge on any atom is 0.408 e. The summed E-state index contributed by atoms with van der Waals surface area (Å²) in [5.41, 5.74) is -0.718. The van der Waals surface area contributed by atoms with E-state index in [1.165, 1.54) is 23.5 Å². The Hall–Kier alpha value is -1.88. The molecule has 0 fully saturated rings. The van der Waals surface area contributed by atoms with E-state index in [2.05, 4.69) is 5.32 Å². The van der Waals surface area contributed by atoms with Gasteiger partial charge in [0.2, 0.25) is 10.0 Å². The number of hydrogen-bond acceptors (Lipinski definition) is 7. The second-order valence-electron chi connectivity index (χ2n) is 9.64. The minimum atomic E-state index is -3.90.